The first-order valence-electron chi connectivity index (χ1n) is 6.08. The van der Waals surface area contributed by atoms with E-state index >= 15 is 0 Å². The molecule has 2 heterocycles. The van der Waals surface area contributed by atoms with Crippen LogP contribution in [0.1, 0.15) is 42.3 Å². The summed E-state index contributed by atoms with van der Waals surface area (Å²) in [7, 11) is 0. The van der Waals surface area contributed by atoms with E-state index in [9.17, 15) is 4.79 Å². The van der Waals surface area contributed by atoms with Crippen LogP contribution in [0.2, 0.25) is 0 Å². The highest BCUT2D eigenvalue weighted by molar-refractivity contribution is 7.99. The van der Waals surface area contributed by atoms with Gasteiger partial charge in [0.15, 0.2) is 0 Å². The van der Waals surface area contributed by atoms with Gasteiger partial charge in [-0.15, -0.1) is 0 Å². The highest BCUT2D eigenvalue weighted by Crippen LogP contribution is 2.20. The molecule has 1 fully saturated rings. The fraction of sp³-hybridized carbons (Fsp3) is 0.727. The zero-order chi connectivity index (χ0) is 13.0. The molecule has 0 aliphatic carbocycles. The average Bonchev–Trinajstić information content (AvgIpc) is 3.04. The lowest BCUT2D eigenvalue weighted by Gasteiger charge is -2.07. The number of carbonyl (C=O) groups excluding carboxylic acids is 1. The van der Waals surface area contributed by atoms with Gasteiger partial charge in [-0.1, -0.05) is 12.1 Å². The molecule has 2 atom stereocenters. The van der Waals surface area contributed by atoms with Gasteiger partial charge in [-0.2, -0.15) is 16.7 Å². The number of hydrogen-bond donors (Lipinski definition) is 2. The van der Waals surface area contributed by atoms with Crippen LogP contribution in [-0.4, -0.2) is 40.6 Å². The molecular formula is C11H18N4O2S. The maximum atomic E-state index is 11.8. The minimum atomic E-state index is -0.274. The van der Waals surface area contributed by atoms with Crippen molar-refractivity contribution in [2.45, 2.75) is 31.1 Å². The molecule has 18 heavy (non-hydrogen) atoms. The summed E-state index contributed by atoms with van der Waals surface area (Å²) in [6.07, 6.45) is 4.08. The SMILES string of the molecule is CSC(C)CNC(=O)c1noc(C2CCCN2)n1. The predicted octanol–water partition coefficient (Wildman–Crippen LogP) is 0.975. The van der Waals surface area contributed by atoms with E-state index in [0.29, 0.717) is 17.7 Å². The summed E-state index contributed by atoms with van der Waals surface area (Å²) in [5.74, 6) is 0.353. The molecule has 0 spiro atoms. The van der Waals surface area contributed by atoms with Gasteiger partial charge in [0.1, 0.15) is 0 Å². The third-order valence-electron chi connectivity index (χ3n) is 2.96. The van der Waals surface area contributed by atoms with Gasteiger partial charge in [-0.3, -0.25) is 4.79 Å². The normalized spacial score (nSPS) is 20.9. The molecule has 1 aliphatic heterocycles. The molecule has 100 valence electrons. The third-order valence-corrected chi connectivity index (χ3v) is 3.93. The summed E-state index contributed by atoms with van der Waals surface area (Å²) in [5, 5.41) is 10.1. The monoisotopic (exact) mass is 270 g/mol. The molecule has 1 aromatic heterocycles. The van der Waals surface area contributed by atoms with Gasteiger partial charge in [0.25, 0.3) is 11.7 Å². The molecule has 7 heteroatoms. The van der Waals surface area contributed by atoms with E-state index in [4.69, 9.17) is 4.52 Å². The number of nitrogens with zero attached hydrogens (tertiary/aromatic N) is 2. The Kier molecular flexibility index (Phi) is 4.60. The van der Waals surface area contributed by atoms with Crippen LogP contribution in [-0.2, 0) is 0 Å². The average molecular weight is 270 g/mol. The second-order valence-corrected chi connectivity index (χ2v) is 5.64. The standard InChI is InChI=1S/C11H18N4O2S/c1-7(18-2)6-13-10(16)9-14-11(17-15-9)8-4-3-5-12-8/h7-8,12H,3-6H2,1-2H3,(H,13,16). The minimum absolute atomic E-state index is 0.101. The molecule has 0 saturated carbocycles. The lowest BCUT2D eigenvalue weighted by molar-refractivity contribution is 0.0941. The Labute approximate surface area is 110 Å². The van der Waals surface area contributed by atoms with E-state index in [-0.39, 0.29) is 17.8 Å². The van der Waals surface area contributed by atoms with Crippen LogP contribution in [0.4, 0.5) is 0 Å². The zero-order valence-electron chi connectivity index (χ0n) is 10.6. The van der Waals surface area contributed by atoms with E-state index in [1.54, 1.807) is 11.8 Å². The number of carbonyl (C=O) groups is 1. The molecule has 1 aliphatic rings. The summed E-state index contributed by atoms with van der Waals surface area (Å²) < 4.78 is 5.11. The Bertz CT molecular complexity index is 404. The summed E-state index contributed by atoms with van der Waals surface area (Å²) in [4.78, 5) is 15.9. The highest BCUT2D eigenvalue weighted by atomic mass is 32.2. The number of amides is 1. The molecule has 1 aromatic rings. The molecule has 1 saturated heterocycles. The first kappa shape index (κ1) is 13.4. The van der Waals surface area contributed by atoms with Gasteiger partial charge in [0.2, 0.25) is 5.89 Å². The van der Waals surface area contributed by atoms with Crippen LogP contribution in [0, 0.1) is 0 Å². The summed E-state index contributed by atoms with van der Waals surface area (Å²) in [5.41, 5.74) is 0. The Morgan fingerprint density at radius 3 is 3.22 bits per heavy atom. The number of rotatable bonds is 5. The van der Waals surface area contributed by atoms with Crippen LogP contribution in [0.25, 0.3) is 0 Å². The van der Waals surface area contributed by atoms with Crippen LogP contribution < -0.4 is 10.6 Å². The molecule has 0 aromatic carbocycles. The molecule has 2 rings (SSSR count). The molecule has 2 unspecified atom stereocenters. The molecule has 6 nitrogen and oxygen atoms in total. The summed E-state index contributed by atoms with van der Waals surface area (Å²) in [6, 6.07) is 0.101. The van der Waals surface area contributed by atoms with Gasteiger partial charge < -0.3 is 15.2 Å². The molecule has 2 N–H and O–H groups in total. The van der Waals surface area contributed by atoms with Crippen molar-refractivity contribution in [3.63, 3.8) is 0 Å². The van der Waals surface area contributed by atoms with E-state index < -0.39 is 0 Å². The fourth-order valence-electron chi connectivity index (χ4n) is 1.76. The Morgan fingerprint density at radius 1 is 1.72 bits per heavy atom. The smallest absolute Gasteiger partial charge is 0.292 e. The minimum Gasteiger partial charge on any atom is -0.348 e. The van der Waals surface area contributed by atoms with Gasteiger partial charge in [0.05, 0.1) is 6.04 Å². The Balaban J connectivity index is 1.90. The van der Waals surface area contributed by atoms with Crippen molar-refractivity contribution in [2.24, 2.45) is 0 Å². The fourth-order valence-corrected chi connectivity index (χ4v) is 2.01. The number of aromatic nitrogens is 2. The summed E-state index contributed by atoms with van der Waals surface area (Å²) >= 11 is 1.70. The van der Waals surface area contributed by atoms with Crippen LogP contribution >= 0.6 is 11.8 Å². The molecular weight excluding hydrogens is 252 g/mol. The zero-order valence-corrected chi connectivity index (χ0v) is 11.4. The predicted molar refractivity (Wildman–Crippen MR) is 69.6 cm³/mol. The van der Waals surface area contributed by atoms with Crippen LogP contribution in [0.15, 0.2) is 4.52 Å². The first-order chi connectivity index (χ1) is 8.70. The third kappa shape index (κ3) is 3.23. The molecule has 1 amide bonds. The van der Waals surface area contributed by atoms with Crippen molar-refractivity contribution in [3.8, 4) is 0 Å². The number of thioether (sulfide) groups is 1. The second-order valence-electron chi connectivity index (χ2n) is 4.36. The van der Waals surface area contributed by atoms with Crippen molar-refractivity contribution < 1.29 is 9.32 Å². The maximum Gasteiger partial charge on any atom is 0.292 e. The van der Waals surface area contributed by atoms with Crippen molar-refractivity contribution in [3.05, 3.63) is 11.7 Å². The van der Waals surface area contributed by atoms with Gasteiger partial charge >= 0.3 is 0 Å². The topological polar surface area (TPSA) is 80.0 Å². The van der Waals surface area contributed by atoms with Crippen molar-refractivity contribution in [2.75, 3.05) is 19.3 Å². The van der Waals surface area contributed by atoms with E-state index in [0.717, 1.165) is 19.4 Å². The Morgan fingerprint density at radius 2 is 2.56 bits per heavy atom. The van der Waals surface area contributed by atoms with Gasteiger partial charge in [-0.25, -0.2) is 0 Å². The number of hydrogen-bond acceptors (Lipinski definition) is 6. The molecule has 0 radical (unpaired) electrons. The Hall–Kier alpha value is -1.08. The largest absolute Gasteiger partial charge is 0.348 e. The lowest BCUT2D eigenvalue weighted by Crippen LogP contribution is -2.30. The van der Waals surface area contributed by atoms with Crippen LogP contribution in [0.5, 0.6) is 0 Å². The van der Waals surface area contributed by atoms with Gasteiger partial charge in [-0.05, 0) is 25.6 Å². The lowest BCUT2D eigenvalue weighted by atomic mass is 10.2. The molecule has 0 bridgehead atoms. The number of nitrogens with one attached hydrogen (secondary N) is 2. The van der Waals surface area contributed by atoms with Crippen molar-refractivity contribution in [1.29, 1.82) is 0 Å². The second kappa shape index (κ2) is 6.19. The van der Waals surface area contributed by atoms with Crippen molar-refractivity contribution >= 4 is 17.7 Å². The quantitative estimate of drug-likeness (QED) is 0.830. The summed E-state index contributed by atoms with van der Waals surface area (Å²) in [6.45, 7) is 3.61. The van der Waals surface area contributed by atoms with E-state index in [2.05, 4.69) is 27.7 Å². The maximum absolute atomic E-state index is 11.8. The van der Waals surface area contributed by atoms with Gasteiger partial charge in [0, 0.05) is 11.8 Å². The van der Waals surface area contributed by atoms with E-state index in [1.165, 1.54) is 0 Å². The first-order valence-corrected chi connectivity index (χ1v) is 7.37. The highest BCUT2D eigenvalue weighted by Gasteiger charge is 2.24. The van der Waals surface area contributed by atoms with Crippen LogP contribution in [0.3, 0.4) is 0 Å². The van der Waals surface area contributed by atoms with E-state index in [1.807, 2.05) is 6.26 Å². The van der Waals surface area contributed by atoms with Crippen molar-refractivity contribution in [1.82, 2.24) is 20.8 Å².